The van der Waals surface area contributed by atoms with Crippen LogP contribution in [0.15, 0.2) is 30.3 Å². The third-order valence-corrected chi connectivity index (χ3v) is 5.35. The van der Waals surface area contributed by atoms with E-state index in [-0.39, 0.29) is 23.8 Å². The van der Waals surface area contributed by atoms with Gasteiger partial charge in [-0.05, 0) is 30.2 Å². The zero-order valence-corrected chi connectivity index (χ0v) is 14.6. The van der Waals surface area contributed by atoms with Gasteiger partial charge in [-0.1, -0.05) is 63.4 Å². The van der Waals surface area contributed by atoms with Crippen molar-refractivity contribution >= 4 is 5.91 Å². The fourth-order valence-corrected chi connectivity index (χ4v) is 3.69. The molecule has 3 nitrogen and oxygen atoms in total. The molecule has 0 aliphatic heterocycles. The van der Waals surface area contributed by atoms with Crippen molar-refractivity contribution in [2.24, 2.45) is 11.3 Å². The molecule has 0 heterocycles. The second-order valence-electron chi connectivity index (χ2n) is 7.46. The molecule has 1 amide bonds. The summed E-state index contributed by atoms with van der Waals surface area (Å²) in [6.07, 6.45) is 6.14. The summed E-state index contributed by atoms with van der Waals surface area (Å²) in [7, 11) is 0. The van der Waals surface area contributed by atoms with Crippen LogP contribution in [0.4, 0.5) is 0 Å². The Labute approximate surface area is 140 Å². The standard InChI is InChI=1S/C20H31NO2/c1-16(2)18(17-9-5-3-6-10-17)13-19(23)21-14-20(15-22)11-7-4-8-12-20/h3,5-6,9-10,16,18,22H,4,7-8,11-15H2,1-2H3,(H,21,23). The molecule has 1 aliphatic rings. The monoisotopic (exact) mass is 317 g/mol. The lowest BCUT2D eigenvalue weighted by atomic mass is 9.74. The molecule has 128 valence electrons. The average Bonchev–Trinajstić information content (AvgIpc) is 2.59. The summed E-state index contributed by atoms with van der Waals surface area (Å²) in [5.41, 5.74) is 1.14. The third kappa shape index (κ3) is 5.07. The highest BCUT2D eigenvalue weighted by molar-refractivity contribution is 5.77. The molecule has 1 atom stereocenters. The van der Waals surface area contributed by atoms with Crippen LogP contribution >= 0.6 is 0 Å². The molecule has 1 saturated carbocycles. The lowest BCUT2D eigenvalue weighted by molar-refractivity contribution is -0.122. The Morgan fingerprint density at radius 2 is 1.83 bits per heavy atom. The van der Waals surface area contributed by atoms with Crippen molar-refractivity contribution in [1.82, 2.24) is 5.32 Å². The van der Waals surface area contributed by atoms with Gasteiger partial charge < -0.3 is 10.4 Å². The second kappa shape index (κ2) is 8.49. The van der Waals surface area contributed by atoms with Gasteiger partial charge in [0.1, 0.15) is 0 Å². The van der Waals surface area contributed by atoms with Gasteiger partial charge in [0.15, 0.2) is 0 Å². The van der Waals surface area contributed by atoms with E-state index in [4.69, 9.17) is 0 Å². The topological polar surface area (TPSA) is 49.3 Å². The van der Waals surface area contributed by atoms with Crippen molar-refractivity contribution in [2.75, 3.05) is 13.2 Å². The maximum atomic E-state index is 12.4. The van der Waals surface area contributed by atoms with Gasteiger partial charge in [-0.25, -0.2) is 0 Å². The second-order valence-corrected chi connectivity index (χ2v) is 7.46. The van der Waals surface area contributed by atoms with E-state index in [9.17, 15) is 9.90 Å². The normalized spacial score (nSPS) is 18.6. The van der Waals surface area contributed by atoms with Gasteiger partial charge in [0, 0.05) is 18.4 Å². The lowest BCUT2D eigenvalue weighted by Gasteiger charge is -2.35. The molecular formula is C20H31NO2. The first kappa shape index (κ1) is 18.0. The SMILES string of the molecule is CC(C)C(CC(=O)NCC1(CO)CCCCC1)c1ccccc1. The quantitative estimate of drug-likeness (QED) is 0.802. The molecule has 0 saturated heterocycles. The molecular weight excluding hydrogens is 286 g/mol. The minimum absolute atomic E-state index is 0.0893. The number of hydrogen-bond acceptors (Lipinski definition) is 2. The van der Waals surface area contributed by atoms with E-state index < -0.39 is 0 Å². The van der Waals surface area contributed by atoms with E-state index >= 15 is 0 Å². The largest absolute Gasteiger partial charge is 0.396 e. The van der Waals surface area contributed by atoms with E-state index in [1.807, 2.05) is 18.2 Å². The summed E-state index contributed by atoms with van der Waals surface area (Å²) >= 11 is 0. The molecule has 0 radical (unpaired) electrons. The maximum Gasteiger partial charge on any atom is 0.220 e. The Balaban J connectivity index is 1.92. The van der Waals surface area contributed by atoms with Crippen molar-refractivity contribution in [1.29, 1.82) is 0 Å². The van der Waals surface area contributed by atoms with Crippen LogP contribution < -0.4 is 5.32 Å². The van der Waals surface area contributed by atoms with Crippen molar-refractivity contribution in [3.63, 3.8) is 0 Å². The molecule has 2 rings (SSSR count). The number of aliphatic hydroxyl groups is 1. The number of carbonyl (C=O) groups is 1. The van der Waals surface area contributed by atoms with Crippen molar-refractivity contribution in [3.05, 3.63) is 35.9 Å². The Morgan fingerprint density at radius 3 is 2.39 bits per heavy atom. The Hall–Kier alpha value is -1.35. The molecule has 23 heavy (non-hydrogen) atoms. The van der Waals surface area contributed by atoms with Crippen LogP contribution in [0.25, 0.3) is 0 Å². The van der Waals surface area contributed by atoms with Crippen molar-refractivity contribution in [2.45, 2.75) is 58.3 Å². The summed E-state index contributed by atoms with van der Waals surface area (Å²) in [5.74, 6) is 0.767. The zero-order valence-electron chi connectivity index (χ0n) is 14.6. The molecule has 1 unspecified atom stereocenters. The van der Waals surface area contributed by atoms with Crippen molar-refractivity contribution in [3.8, 4) is 0 Å². The molecule has 1 fully saturated rings. The summed E-state index contributed by atoms with van der Waals surface area (Å²) in [6.45, 7) is 5.13. The number of hydrogen-bond donors (Lipinski definition) is 2. The van der Waals surface area contributed by atoms with Gasteiger partial charge in [-0.15, -0.1) is 0 Å². The van der Waals surface area contributed by atoms with Crippen molar-refractivity contribution < 1.29 is 9.90 Å². The fraction of sp³-hybridized carbons (Fsp3) is 0.650. The molecule has 0 aromatic heterocycles. The van der Waals surface area contributed by atoms with Crippen LogP contribution in [0.5, 0.6) is 0 Å². The highest BCUT2D eigenvalue weighted by Gasteiger charge is 2.32. The smallest absolute Gasteiger partial charge is 0.220 e. The average molecular weight is 317 g/mol. The number of carbonyl (C=O) groups excluding carboxylic acids is 1. The Kier molecular flexibility index (Phi) is 6.64. The van der Waals surface area contributed by atoms with Gasteiger partial charge in [0.2, 0.25) is 5.91 Å². The minimum Gasteiger partial charge on any atom is -0.396 e. The first-order valence-corrected chi connectivity index (χ1v) is 8.99. The van der Waals surface area contributed by atoms with Crippen LogP contribution in [-0.4, -0.2) is 24.2 Å². The Morgan fingerprint density at radius 1 is 1.17 bits per heavy atom. The number of aliphatic hydroxyl groups excluding tert-OH is 1. The summed E-state index contributed by atoms with van der Waals surface area (Å²) in [5, 5.41) is 12.9. The van der Waals surface area contributed by atoms with Gasteiger partial charge >= 0.3 is 0 Å². The number of benzene rings is 1. The number of rotatable bonds is 7. The van der Waals surface area contributed by atoms with Crippen LogP contribution in [0.2, 0.25) is 0 Å². The molecule has 1 aliphatic carbocycles. The van der Waals surface area contributed by atoms with Crippen LogP contribution in [0.3, 0.4) is 0 Å². The predicted molar refractivity (Wildman–Crippen MR) is 94.3 cm³/mol. The lowest BCUT2D eigenvalue weighted by Crippen LogP contribution is -2.41. The zero-order chi connectivity index (χ0) is 16.7. The van der Waals surface area contributed by atoms with E-state index in [2.05, 4.69) is 31.3 Å². The minimum atomic E-state index is -0.0893. The van der Waals surface area contributed by atoms with E-state index in [0.717, 1.165) is 25.7 Å². The van der Waals surface area contributed by atoms with Crippen LogP contribution in [0, 0.1) is 11.3 Å². The van der Waals surface area contributed by atoms with Gasteiger partial charge in [-0.2, -0.15) is 0 Å². The Bertz CT molecular complexity index is 478. The third-order valence-electron chi connectivity index (χ3n) is 5.35. The van der Waals surface area contributed by atoms with E-state index in [0.29, 0.717) is 18.9 Å². The van der Waals surface area contributed by atoms with Gasteiger partial charge in [0.25, 0.3) is 0 Å². The summed E-state index contributed by atoms with van der Waals surface area (Å²) in [6, 6.07) is 10.3. The van der Waals surface area contributed by atoms with E-state index in [1.165, 1.54) is 12.0 Å². The summed E-state index contributed by atoms with van der Waals surface area (Å²) < 4.78 is 0. The fourth-order valence-electron chi connectivity index (χ4n) is 3.69. The first-order valence-electron chi connectivity index (χ1n) is 8.99. The molecule has 3 heteroatoms. The maximum absolute atomic E-state index is 12.4. The molecule has 2 N–H and O–H groups in total. The first-order chi connectivity index (χ1) is 11.1. The molecule has 0 spiro atoms. The molecule has 1 aromatic rings. The molecule has 1 aromatic carbocycles. The number of amides is 1. The van der Waals surface area contributed by atoms with Gasteiger partial charge in [0.05, 0.1) is 6.61 Å². The summed E-state index contributed by atoms with van der Waals surface area (Å²) in [4.78, 5) is 12.4. The van der Waals surface area contributed by atoms with E-state index in [1.54, 1.807) is 0 Å². The predicted octanol–water partition coefficient (Wildman–Crippen LogP) is 3.88. The highest BCUT2D eigenvalue weighted by atomic mass is 16.3. The van der Waals surface area contributed by atoms with Gasteiger partial charge in [-0.3, -0.25) is 4.79 Å². The molecule has 0 bridgehead atoms. The highest BCUT2D eigenvalue weighted by Crippen LogP contribution is 2.35. The van der Waals surface area contributed by atoms with Crippen LogP contribution in [-0.2, 0) is 4.79 Å². The van der Waals surface area contributed by atoms with Crippen LogP contribution in [0.1, 0.15) is 63.9 Å². The number of nitrogens with one attached hydrogen (secondary N) is 1.